The van der Waals surface area contributed by atoms with Gasteiger partial charge in [-0.2, -0.15) is 5.10 Å². The molecule has 1 saturated heterocycles. The summed E-state index contributed by atoms with van der Waals surface area (Å²) in [5.41, 5.74) is 6.27. The van der Waals surface area contributed by atoms with Crippen LogP contribution in [0, 0.1) is 0 Å². The summed E-state index contributed by atoms with van der Waals surface area (Å²) in [4.78, 5) is 33.9. The molecule has 0 saturated carbocycles. The molecule has 2 aromatic heterocycles. The molecule has 0 aromatic carbocycles. The Bertz CT molecular complexity index is 888. The fraction of sp³-hybridized carbons (Fsp3) is 0.500. The molecular weight excluding hydrogens is 364 g/mol. The van der Waals surface area contributed by atoms with Gasteiger partial charge in [0.25, 0.3) is 0 Å². The molecule has 10 heteroatoms. The van der Waals surface area contributed by atoms with E-state index in [9.17, 15) is 9.59 Å². The Kier molecular flexibility index (Phi) is 5.21. The van der Waals surface area contributed by atoms with E-state index in [0.29, 0.717) is 24.3 Å². The fourth-order valence-electron chi connectivity index (χ4n) is 2.90. The van der Waals surface area contributed by atoms with Gasteiger partial charge in [0.2, 0.25) is 0 Å². The van der Waals surface area contributed by atoms with Crippen LogP contribution in [-0.4, -0.2) is 62.5 Å². The molecule has 0 aliphatic carbocycles. The highest BCUT2D eigenvalue weighted by atomic mass is 16.6. The minimum atomic E-state index is -0.650. The Hall–Kier alpha value is -3.17. The number of aromatic nitrogens is 4. The van der Waals surface area contributed by atoms with Crippen molar-refractivity contribution in [2.75, 3.05) is 25.9 Å². The molecule has 1 amide bonds. The lowest BCUT2D eigenvalue weighted by Crippen LogP contribution is -2.35. The fourth-order valence-corrected chi connectivity index (χ4v) is 2.90. The molecule has 150 valence electrons. The van der Waals surface area contributed by atoms with E-state index in [1.54, 1.807) is 15.8 Å². The van der Waals surface area contributed by atoms with E-state index in [2.05, 4.69) is 19.8 Å². The first-order valence-corrected chi connectivity index (χ1v) is 8.91. The Morgan fingerprint density at radius 2 is 2.04 bits per heavy atom. The third kappa shape index (κ3) is 4.21. The number of nitrogens with two attached hydrogens (primary N) is 1. The lowest BCUT2D eigenvalue weighted by Gasteiger charge is -2.24. The predicted molar refractivity (Wildman–Crippen MR) is 100 cm³/mol. The highest BCUT2D eigenvalue weighted by Crippen LogP contribution is 2.25. The van der Waals surface area contributed by atoms with Crippen LogP contribution in [0.25, 0.3) is 11.3 Å². The van der Waals surface area contributed by atoms with Gasteiger partial charge in [-0.05, 0) is 27.2 Å². The third-order valence-electron chi connectivity index (χ3n) is 4.27. The first-order chi connectivity index (χ1) is 13.2. The summed E-state index contributed by atoms with van der Waals surface area (Å²) in [7, 11) is 1.25. The van der Waals surface area contributed by atoms with Crippen LogP contribution in [0.15, 0.2) is 18.6 Å². The number of carbonyl (C=O) groups is 2. The number of hydrogen-bond donors (Lipinski definition) is 1. The number of nitrogens with zero attached hydrogens (tertiary/aromatic N) is 5. The van der Waals surface area contributed by atoms with Crippen LogP contribution in [0.5, 0.6) is 0 Å². The van der Waals surface area contributed by atoms with Crippen molar-refractivity contribution in [2.45, 2.75) is 38.8 Å². The van der Waals surface area contributed by atoms with Gasteiger partial charge in [-0.25, -0.2) is 19.6 Å². The third-order valence-corrected chi connectivity index (χ3v) is 4.27. The van der Waals surface area contributed by atoms with Crippen LogP contribution >= 0.6 is 0 Å². The van der Waals surface area contributed by atoms with Gasteiger partial charge in [0.15, 0.2) is 11.5 Å². The van der Waals surface area contributed by atoms with E-state index < -0.39 is 11.6 Å². The average Bonchev–Trinajstić information content (AvgIpc) is 3.29. The van der Waals surface area contributed by atoms with Crippen LogP contribution < -0.4 is 5.73 Å². The molecule has 2 aromatic rings. The summed E-state index contributed by atoms with van der Waals surface area (Å²) in [5, 5.41) is 4.38. The summed E-state index contributed by atoms with van der Waals surface area (Å²) in [6.07, 6.45) is 5.36. The molecule has 10 nitrogen and oxygen atoms in total. The Morgan fingerprint density at radius 3 is 2.71 bits per heavy atom. The number of rotatable bonds is 3. The zero-order valence-electron chi connectivity index (χ0n) is 16.4. The number of anilines is 1. The molecular formula is C18H24N6O4. The maximum atomic E-state index is 12.2. The number of methoxy groups -OCH3 is 1. The van der Waals surface area contributed by atoms with Crippen molar-refractivity contribution in [3.8, 4) is 11.3 Å². The lowest BCUT2D eigenvalue weighted by molar-refractivity contribution is 0.0288. The van der Waals surface area contributed by atoms with Crippen LogP contribution in [0.3, 0.4) is 0 Å². The molecule has 28 heavy (non-hydrogen) atoms. The summed E-state index contributed by atoms with van der Waals surface area (Å²) < 4.78 is 11.9. The molecule has 0 unspecified atom stereocenters. The highest BCUT2D eigenvalue weighted by molar-refractivity contribution is 5.92. The number of nitrogen functional groups attached to an aromatic ring is 1. The molecule has 1 atom stereocenters. The molecule has 0 radical (unpaired) electrons. The molecule has 2 N–H and O–H groups in total. The first-order valence-electron chi connectivity index (χ1n) is 8.91. The molecule has 3 rings (SSSR count). The summed E-state index contributed by atoms with van der Waals surface area (Å²) in [6, 6.07) is 0.0306. The second-order valence-corrected chi connectivity index (χ2v) is 7.56. The van der Waals surface area contributed by atoms with Gasteiger partial charge in [0, 0.05) is 24.8 Å². The number of hydrogen-bond acceptors (Lipinski definition) is 8. The van der Waals surface area contributed by atoms with Crippen LogP contribution in [0.2, 0.25) is 0 Å². The van der Waals surface area contributed by atoms with Crippen LogP contribution in [0.4, 0.5) is 10.6 Å². The van der Waals surface area contributed by atoms with E-state index in [-0.39, 0.29) is 23.6 Å². The SMILES string of the molecule is COC(=O)c1nc(-c2cnn([C@H]3CCN(C(=O)OC(C)(C)C)C3)c2)cnc1N. The van der Waals surface area contributed by atoms with Crippen LogP contribution in [-0.2, 0) is 9.47 Å². The molecule has 1 aliphatic rings. The van der Waals surface area contributed by atoms with Crippen molar-refractivity contribution in [2.24, 2.45) is 0 Å². The van der Waals surface area contributed by atoms with E-state index in [1.807, 2.05) is 27.0 Å². The van der Waals surface area contributed by atoms with E-state index in [4.69, 9.17) is 10.5 Å². The Labute approximate surface area is 162 Å². The standard InChI is InChI=1S/C18H24N6O4/c1-18(2,3)28-17(26)23-6-5-12(10-23)24-9-11(7-21-24)13-8-20-15(19)14(22-13)16(25)27-4/h7-9,12H,5-6,10H2,1-4H3,(H2,19,20)/t12-/m0/s1. The van der Waals surface area contributed by atoms with Crippen LogP contribution in [0.1, 0.15) is 43.7 Å². The number of ether oxygens (including phenoxy) is 2. The zero-order valence-corrected chi connectivity index (χ0v) is 16.4. The Balaban J connectivity index is 1.73. The van der Waals surface area contributed by atoms with Crippen molar-refractivity contribution in [3.63, 3.8) is 0 Å². The van der Waals surface area contributed by atoms with E-state index in [0.717, 1.165) is 6.42 Å². The molecule has 1 fully saturated rings. The second kappa shape index (κ2) is 7.45. The normalized spacial score (nSPS) is 16.9. The lowest BCUT2D eigenvalue weighted by atomic mass is 10.2. The first kappa shape index (κ1) is 19.6. The number of likely N-dealkylation sites (tertiary alicyclic amines) is 1. The second-order valence-electron chi connectivity index (χ2n) is 7.56. The molecule has 0 bridgehead atoms. The molecule has 1 aliphatic heterocycles. The maximum Gasteiger partial charge on any atom is 0.410 e. The minimum absolute atomic E-state index is 0.00628. The van der Waals surface area contributed by atoms with Gasteiger partial charge in [-0.15, -0.1) is 0 Å². The van der Waals surface area contributed by atoms with Crippen molar-refractivity contribution in [1.29, 1.82) is 0 Å². The summed E-state index contributed by atoms with van der Waals surface area (Å²) >= 11 is 0. The highest BCUT2D eigenvalue weighted by Gasteiger charge is 2.31. The molecule has 3 heterocycles. The number of carbonyl (C=O) groups excluding carboxylic acids is 2. The minimum Gasteiger partial charge on any atom is -0.464 e. The van der Waals surface area contributed by atoms with E-state index in [1.165, 1.54) is 13.3 Å². The van der Waals surface area contributed by atoms with Crippen molar-refractivity contribution in [3.05, 3.63) is 24.3 Å². The number of amides is 1. The van der Waals surface area contributed by atoms with Gasteiger partial charge in [0.1, 0.15) is 5.60 Å². The van der Waals surface area contributed by atoms with Crippen molar-refractivity contribution in [1.82, 2.24) is 24.6 Å². The van der Waals surface area contributed by atoms with Crippen molar-refractivity contribution < 1.29 is 19.1 Å². The zero-order chi connectivity index (χ0) is 20.5. The Morgan fingerprint density at radius 1 is 1.29 bits per heavy atom. The smallest absolute Gasteiger partial charge is 0.410 e. The quantitative estimate of drug-likeness (QED) is 0.790. The maximum absolute atomic E-state index is 12.2. The van der Waals surface area contributed by atoms with Gasteiger partial charge >= 0.3 is 12.1 Å². The van der Waals surface area contributed by atoms with Gasteiger partial charge in [0.05, 0.1) is 31.2 Å². The topological polar surface area (TPSA) is 125 Å². The van der Waals surface area contributed by atoms with Crippen molar-refractivity contribution >= 4 is 17.9 Å². The van der Waals surface area contributed by atoms with Gasteiger partial charge in [-0.1, -0.05) is 0 Å². The summed E-state index contributed by atoms with van der Waals surface area (Å²) in [6.45, 7) is 6.64. The summed E-state index contributed by atoms with van der Waals surface area (Å²) in [5.74, 6) is -0.644. The van der Waals surface area contributed by atoms with E-state index >= 15 is 0 Å². The van der Waals surface area contributed by atoms with Gasteiger partial charge < -0.3 is 20.1 Å². The van der Waals surface area contributed by atoms with Gasteiger partial charge in [-0.3, -0.25) is 4.68 Å². The largest absolute Gasteiger partial charge is 0.464 e. The monoisotopic (exact) mass is 388 g/mol. The number of esters is 1. The predicted octanol–water partition coefficient (Wildman–Crippen LogP) is 1.89. The molecule has 0 spiro atoms. The average molecular weight is 388 g/mol.